The maximum absolute atomic E-state index is 13.8. The second-order valence-electron chi connectivity index (χ2n) is 7.33. The molecule has 0 aromatic heterocycles. The van der Waals surface area contributed by atoms with Gasteiger partial charge in [0.1, 0.15) is 11.6 Å². The molecular formula is C21H22F2N4O2. The molecule has 1 atom stereocenters. The summed E-state index contributed by atoms with van der Waals surface area (Å²) in [6.45, 7) is 2.70. The monoisotopic (exact) mass is 400 g/mol. The van der Waals surface area contributed by atoms with Crippen molar-refractivity contribution in [3.8, 4) is 0 Å². The van der Waals surface area contributed by atoms with E-state index in [9.17, 15) is 18.4 Å². The zero-order valence-corrected chi connectivity index (χ0v) is 15.9. The van der Waals surface area contributed by atoms with E-state index in [2.05, 4.69) is 5.32 Å². The molecule has 29 heavy (non-hydrogen) atoms. The predicted octanol–water partition coefficient (Wildman–Crippen LogP) is 3.51. The summed E-state index contributed by atoms with van der Waals surface area (Å²) < 4.78 is 26.8. The lowest BCUT2D eigenvalue weighted by Crippen LogP contribution is -2.42. The van der Waals surface area contributed by atoms with Gasteiger partial charge in [-0.2, -0.15) is 0 Å². The van der Waals surface area contributed by atoms with E-state index < -0.39 is 17.7 Å². The fourth-order valence-electron chi connectivity index (χ4n) is 3.86. The zero-order chi connectivity index (χ0) is 20.4. The molecule has 4 amide bonds. The van der Waals surface area contributed by atoms with Gasteiger partial charge in [0.2, 0.25) is 0 Å². The number of rotatable bonds is 4. The van der Waals surface area contributed by atoms with Crippen molar-refractivity contribution >= 4 is 17.7 Å². The smallest absolute Gasteiger partial charge is 0.321 e. The molecule has 0 aliphatic carbocycles. The van der Waals surface area contributed by atoms with Crippen LogP contribution >= 0.6 is 0 Å². The van der Waals surface area contributed by atoms with Gasteiger partial charge in [0.15, 0.2) is 0 Å². The molecule has 4 rings (SSSR count). The van der Waals surface area contributed by atoms with Crippen molar-refractivity contribution in [2.75, 3.05) is 31.5 Å². The van der Waals surface area contributed by atoms with Crippen LogP contribution in [0.2, 0.25) is 0 Å². The molecule has 2 aromatic carbocycles. The highest BCUT2D eigenvalue weighted by atomic mass is 19.1. The van der Waals surface area contributed by atoms with Gasteiger partial charge in [0, 0.05) is 38.8 Å². The van der Waals surface area contributed by atoms with Gasteiger partial charge in [0.05, 0.1) is 11.7 Å². The minimum atomic E-state index is -0.819. The van der Waals surface area contributed by atoms with Crippen LogP contribution in [0.1, 0.15) is 12.0 Å². The number of halogens is 2. The first kappa shape index (κ1) is 19.2. The second kappa shape index (κ2) is 8.06. The minimum Gasteiger partial charge on any atom is -0.322 e. The van der Waals surface area contributed by atoms with Gasteiger partial charge < -0.3 is 20.0 Å². The molecule has 152 valence electrons. The van der Waals surface area contributed by atoms with E-state index in [1.807, 2.05) is 40.1 Å². The first-order valence-corrected chi connectivity index (χ1v) is 9.62. The molecule has 0 saturated carbocycles. The number of carbonyl (C=O) groups excluding carboxylic acids is 2. The van der Waals surface area contributed by atoms with Gasteiger partial charge in [-0.05, 0) is 24.1 Å². The molecule has 2 aliphatic rings. The number of benzene rings is 2. The van der Waals surface area contributed by atoms with Crippen molar-refractivity contribution in [2.45, 2.75) is 19.0 Å². The summed E-state index contributed by atoms with van der Waals surface area (Å²) in [6.07, 6.45) is 0.671. The number of likely N-dealkylation sites (tertiary alicyclic amines) is 1. The third-order valence-electron chi connectivity index (χ3n) is 5.41. The Kier molecular flexibility index (Phi) is 5.33. The zero-order valence-electron chi connectivity index (χ0n) is 15.9. The van der Waals surface area contributed by atoms with E-state index in [0.29, 0.717) is 39.1 Å². The molecule has 1 unspecified atom stereocenters. The van der Waals surface area contributed by atoms with Crippen LogP contribution in [-0.2, 0) is 6.54 Å². The van der Waals surface area contributed by atoms with Crippen LogP contribution in [0.4, 0.5) is 24.1 Å². The highest BCUT2D eigenvalue weighted by molar-refractivity contribution is 5.89. The Morgan fingerprint density at radius 3 is 2.62 bits per heavy atom. The lowest BCUT2D eigenvalue weighted by molar-refractivity contribution is 0.175. The minimum absolute atomic E-state index is 0.0225. The standard InChI is InChI=1S/C21H22F2N4O2/c22-16-6-7-19(18(23)12-16)24-20(28)25-9-8-17(14-25)27-11-10-26(21(27)29)13-15-4-2-1-3-5-15/h1-7,12,17H,8-11,13-14H2,(H,24,28). The maximum Gasteiger partial charge on any atom is 0.321 e. The van der Waals surface area contributed by atoms with Gasteiger partial charge in [-0.1, -0.05) is 30.3 Å². The summed E-state index contributed by atoms with van der Waals surface area (Å²) in [5.74, 6) is -1.52. The number of nitrogens with zero attached hydrogens (tertiary/aromatic N) is 3. The number of hydrogen-bond acceptors (Lipinski definition) is 2. The molecule has 2 heterocycles. The van der Waals surface area contributed by atoms with Gasteiger partial charge in [0.25, 0.3) is 0 Å². The van der Waals surface area contributed by atoms with E-state index in [1.165, 1.54) is 6.07 Å². The third-order valence-corrected chi connectivity index (χ3v) is 5.41. The van der Waals surface area contributed by atoms with Crippen molar-refractivity contribution in [3.05, 3.63) is 65.7 Å². The summed E-state index contributed by atoms with van der Waals surface area (Å²) in [5, 5.41) is 2.47. The number of amides is 4. The molecule has 1 N–H and O–H groups in total. The van der Waals surface area contributed by atoms with E-state index in [0.717, 1.165) is 17.7 Å². The van der Waals surface area contributed by atoms with E-state index in [1.54, 1.807) is 4.90 Å². The van der Waals surface area contributed by atoms with Gasteiger partial charge in [-0.15, -0.1) is 0 Å². The Hall–Kier alpha value is -3.16. The topological polar surface area (TPSA) is 55.9 Å². The first-order valence-electron chi connectivity index (χ1n) is 9.62. The molecule has 2 aromatic rings. The average Bonchev–Trinajstić information content (AvgIpc) is 3.32. The fourth-order valence-corrected chi connectivity index (χ4v) is 3.86. The summed E-state index contributed by atoms with van der Waals surface area (Å²) in [6, 6.07) is 12.3. The van der Waals surface area contributed by atoms with Crippen LogP contribution in [0.25, 0.3) is 0 Å². The molecule has 0 bridgehead atoms. The summed E-state index contributed by atoms with van der Waals surface area (Å²) in [5.41, 5.74) is 1.02. The van der Waals surface area contributed by atoms with E-state index in [-0.39, 0.29) is 17.8 Å². The van der Waals surface area contributed by atoms with Crippen molar-refractivity contribution in [1.82, 2.24) is 14.7 Å². The summed E-state index contributed by atoms with van der Waals surface area (Å²) >= 11 is 0. The van der Waals surface area contributed by atoms with Crippen molar-refractivity contribution < 1.29 is 18.4 Å². The number of urea groups is 2. The Labute approximate surface area is 167 Å². The van der Waals surface area contributed by atoms with Crippen LogP contribution < -0.4 is 5.32 Å². The van der Waals surface area contributed by atoms with Crippen molar-refractivity contribution in [1.29, 1.82) is 0 Å². The quantitative estimate of drug-likeness (QED) is 0.854. The molecule has 2 fully saturated rings. The van der Waals surface area contributed by atoms with Crippen LogP contribution in [-0.4, -0.2) is 59.0 Å². The Bertz CT molecular complexity index is 909. The fraction of sp³-hybridized carbons (Fsp3) is 0.333. The highest BCUT2D eigenvalue weighted by Crippen LogP contribution is 2.23. The van der Waals surface area contributed by atoms with Gasteiger partial charge >= 0.3 is 12.1 Å². The average molecular weight is 400 g/mol. The lowest BCUT2D eigenvalue weighted by atomic mass is 10.2. The molecule has 6 nitrogen and oxygen atoms in total. The Morgan fingerprint density at radius 1 is 1.07 bits per heavy atom. The molecule has 2 saturated heterocycles. The van der Waals surface area contributed by atoms with Crippen LogP contribution in [0.5, 0.6) is 0 Å². The molecule has 0 spiro atoms. The molecule has 0 radical (unpaired) electrons. The largest absolute Gasteiger partial charge is 0.322 e. The third kappa shape index (κ3) is 4.16. The lowest BCUT2D eigenvalue weighted by Gasteiger charge is -2.25. The number of anilines is 1. The predicted molar refractivity (Wildman–Crippen MR) is 104 cm³/mol. The van der Waals surface area contributed by atoms with Gasteiger partial charge in [-0.3, -0.25) is 0 Å². The SMILES string of the molecule is O=C(Nc1ccc(F)cc1F)N1CCC(N2CCN(Cc3ccccc3)C2=O)C1. The Balaban J connectivity index is 1.33. The molecule has 2 aliphatic heterocycles. The van der Waals surface area contributed by atoms with Crippen molar-refractivity contribution in [3.63, 3.8) is 0 Å². The highest BCUT2D eigenvalue weighted by Gasteiger charge is 2.38. The number of carbonyl (C=O) groups is 2. The summed E-state index contributed by atoms with van der Waals surface area (Å²) in [4.78, 5) is 30.4. The van der Waals surface area contributed by atoms with Crippen LogP contribution in [0, 0.1) is 11.6 Å². The first-order chi connectivity index (χ1) is 14.0. The number of nitrogens with one attached hydrogen (secondary N) is 1. The molecule has 8 heteroatoms. The van der Waals surface area contributed by atoms with Crippen LogP contribution in [0.15, 0.2) is 48.5 Å². The maximum atomic E-state index is 13.8. The van der Waals surface area contributed by atoms with E-state index in [4.69, 9.17) is 0 Å². The van der Waals surface area contributed by atoms with Gasteiger partial charge in [-0.25, -0.2) is 18.4 Å². The van der Waals surface area contributed by atoms with Crippen molar-refractivity contribution in [2.24, 2.45) is 0 Å². The number of hydrogen-bond donors (Lipinski definition) is 1. The second-order valence-corrected chi connectivity index (χ2v) is 7.33. The Morgan fingerprint density at radius 2 is 1.86 bits per heavy atom. The van der Waals surface area contributed by atoms with E-state index >= 15 is 0 Å². The molecular weight excluding hydrogens is 378 g/mol. The van der Waals surface area contributed by atoms with Crippen LogP contribution in [0.3, 0.4) is 0 Å². The summed E-state index contributed by atoms with van der Waals surface area (Å²) in [7, 11) is 0. The normalized spacial score (nSPS) is 19.2.